The van der Waals surface area contributed by atoms with E-state index in [2.05, 4.69) is 14.4 Å². The van der Waals surface area contributed by atoms with Gasteiger partial charge in [0.15, 0.2) is 52.2 Å². The molecule has 13 rings (SSSR count). The Morgan fingerprint density at radius 2 is 0.739 bits per heavy atom. The van der Waals surface area contributed by atoms with Crippen molar-refractivity contribution >= 4 is 75.6 Å². The number of hydrogen-bond acceptors (Lipinski definition) is 23. The van der Waals surface area contributed by atoms with Crippen LogP contribution >= 0.6 is 0 Å². The minimum atomic E-state index is -4.09. The Morgan fingerprint density at radius 3 is 1.00 bits per heavy atom. The second kappa shape index (κ2) is 44.5. The van der Waals surface area contributed by atoms with Crippen molar-refractivity contribution in [3.8, 4) is 67.9 Å². The molecule has 3 saturated heterocycles. The molecule has 0 spiro atoms. The number of halogens is 6. The van der Waals surface area contributed by atoms with Gasteiger partial charge >= 0.3 is 60.1 Å². The van der Waals surface area contributed by atoms with Crippen molar-refractivity contribution in [3.05, 3.63) is 215 Å². The SMILES string of the molecule is CC(=O)OC(C)=O.CC(C)(C)N.CC(C)(C)NC(=O)c1c(-c2ccc(Oc3c(F)cccc3F)cc2)cn([C@@H]2CCN(C(=O)OC(C)(C)C)C2)c1C(=O)O.CC(C)(C)OC(=O)N1CC[C@@H](n2cc(-c3ccc(Oc4c(F)cccc4F)cc3)c(C(=O)O)c2C(=O)O)C1.CC(C)(C)OC(=O)N1CC[C@@H](n2cc(-c3ccc(Oc4c(F)cccc4F)cc3)c3c2C(=O)OC3=O)C1.CCS(=O)(O)(CC)OO. The molecule has 4 aliphatic rings. The van der Waals surface area contributed by atoms with Gasteiger partial charge in [-0.25, -0.2) is 74.2 Å². The quantitative estimate of drug-likeness (QED) is 0.00987. The van der Waals surface area contributed by atoms with Crippen LogP contribution in [0, 0.1) is 34.9 Å². The second-order valence-electron chi connectivity index (χ2n) is 37.2. The van der Waals surface area contributed by atoms with E-state index in [1.807, 2.05) is 20.8 Å². The molecule has 6 aromatic carbocycles. The predicted octanol–water partition coefficient (Wildman–Crippen LogP) is 19.7. The molecule has 0 bridgehead atoms. The van der Waals surface area contributed by atoms with Gasteiger partial charge in [0.1, 0.15) is 66.3 Å². The Morgan fingerprint density at radius 1 is 0.449 bits per heavy atom. The van der Waals surface area contributed by atoms with E-state index in [-0.39, 0.29) is 81.5 Å². The standard InChI is InChI=1S/C31H35F2N3O6.C27H26F2N2O7.C27H24F2N2O6.C4H11N.C4H12O4S.C4H6O3/c1-30(2,3)34-27(37)24-21(18-10-12-20(13-11-18)41-26-22(32)8-7-9-23(26)33)17-36(25(24)28(38)39)19-14-15-35(16-19)29(40)42-31(4,5)6;1-27(2,3)38-26(36)30-12-11-16(13-30)31-14-18(21(24(32)33)22(31)25(34)35)15-7-9-17(10-8-15)37-23-19(28)5-4-6-20(23)29;1-27(2,3)37-26(34)30-12-11-16(13-30)31-14-18(21-22(31)25(33)36-24(21)32)15-7-9-17(10-8-15)35-23-19(28)5-4-6-20(23)29;1-4(2,3)5;1-3-9(6,7,4-2)8-5;1-3(5)7-4(2)6/h7-13,17,19H,14-16H2,1-6H3,(H,34,37)(H,38,39);4-10,14,16H,11-13H2,1-3H3,(H,32,33)(H,34,35);4-10,14,16H,11-13H2,1-3H3;5H2,1-3H3;5H,3-4H2,1-2H3,(H,6,7);1-2H3/t19-;2*16-;;;/m111.../s1. The average Bonchev–Trinajstić information content (AvgIpc) is 1.58. The zero-order valence-corrected chi connectivity index (χ0v) is 80.4. The zero-order chi connectivity index (χ0) is 103. The van der Waals surface area contributed by atoms with Gasteiger partial charge in [-0.2, -0.15) is 0 Å². The largest absolute Gasteiger partial charge is 0.478 e. The van der Waals surface area contributed by atoms with Crippen molar-refractivity contribution in [2.45, 2.75) is 197 Å². The van der Waals surface area contributed by atoms with E-state index in [0.29, 0.717) is 73.3 Å². The molecule has 0 radical (unpaired) electrons. The van der Waals surface area contributed by atoms with Gasteiger partial charge in [-0.1, -0.05) is 68.4 Å². The van der Waals surface area contributed by atoms with Crippen molar-refractivity contribution in [1.82, 2.24) is 33.7 Å². The van der Waals surface area contributed by atoms with Crippen LogP contribution in [0.4, 0.5) is 40.7 Å². The third-order valence-corrected chi connectivity index (χ3v) is 22.8. The number of cyclic esters (lactones) is 2. The van der Waals surface area contributed by atoms with Crippen molar-refractivity contribution in [3.63, 3.8) is 0 Å². The van der Waals surface area contributed by atoms with Crippen LogP contribution < -0.4 is 25.3 Å². The van der Waals surface area contributed by atoms with Crippen LogP contribution in [-0.4, -0.2) is 202 Å². The fourth-order valence-corrected chi connectivity index (χ4v) is 14.7. The number of carbonyl (C=O) groups is 11. The number of rotatable bonds is 19. The lowest BCUT2D eigenvalue weighted by Gasteiger charge is -2.29. The molecule has 0 saturated carbocycles. The van der Waals surface area contributed by atoms with Gasteiger partial charge in [0, 0.05) is 111 Å². The van der Waals surface area contributed by atoms with Gasteiger partial charge in [-0.3, -0.25) is 14.4 Å². The third-order valence-electron chi connectivity index (χ3n) is 20.1. The highest BCUT2D eigenvalue weighted by atomic mass is 32.3. The van der Waals surface area contributed by atoms with Crippen LogP contribution in [0.15, 0.2) is 146 Å². The molecule has 0 unspecified atom stereocenters. The summed E-state index contributed by atoms with van der Waals surface area (Å²) in [7, 11) is -4.09. The normalized spacial score (nSPS) is 15.4. The Labute approximate surface area is 792 Å². The molecular weight excluding hydrogens is 1840 g/mol. The molecule has 3 aromatic heterocycles. The highest BCUT2D eigenvalue weighted by Crippen LogP contribution is 2.43. The molecule has 41 heteroatoms. The first kappa shape index (κ1) is 109. The van der Waals surface area contributed by atoms with Crippen LogP contribution in [0.2, 0.25) is 0 Å². The highest BCUT2D eigenvalue weighted by molar-refractivity contribution is 8.10. The number of ether oxygens (including phenoxy) is 8. The molecule has 3 atom stereocenters. The minimum Gasteiger partial charge on any atom is -0.478 e. The molecule has 0 aliphatic carbocycles. The molecule has 7 heterocycles. The summed E-state index contributed by atoms with van der Waals surface area (Å²) < 4.78 is 153. The number of fused-ring (bicyclic) bond motifs is 1. The summed E-state index contributed by atoms with van der Waals surface area (Å²) in [4.78, 5) is 138. The number of nitrogens with zero attached hydrogens (tertiary/aromatic N) is 6. The van der Waals surface area contributed by atoms with Crippen LogP contribution in [0.1, 0.15) is 231 Å². The molecule has 138 heavy (non-hydrogen) atoms. The van der Waals surface area contributed by atoms with Crippen LogP contribution in [0.5, 0.6) is 34.5 Å². The number of nitrogens with one attached hydrogen (secondary N) is 1. The maximum absolute atomic E-state index is 14.1. The number of aromatic nitrogens is 3. The van der Waals surface area contributed by atoms with E-state index in [1.165, 1.54) is 120 Å². The maximum Gasteiger partial charge on any atom is 0.410 e. The molecule has 8 N–H and O–H groups in total. The van der Waals surface area contributed by atoms with E-state index in [1.54, 1.807) is 129 Å². The summed E-state index contributed by atoms with van der Waals surface area (Å²) >= 11 is 0. The topological polar surface area (TPSA) is 452 Å². The first-order chi connectivity index (χ1) is 64.0. The van der Waals surface area contributed by atoms with Gasteiger partial charge < -0.3 is 97.2 Å². The van der Waals surface area contributed by atoms with Crippen molar-refractivity contribution < 1.29 is 151 Å². The summed E-state index contributed by atoms with van der Waals surface area (Å²) in [6.45, 7) is 34.2. The second-order valence-corrected chi connectivity index (χ2v) is 40.8. The van der Waals surface area contributed by atoms with Crippen LogP contribution in [0.25, 0.3) is 33.4 Å². The number of likely N-dealkylation sites (tertiary alicyclic amines) is 3. The molecule has 4 amide bonds. The van der Waals surface area contributed by atoms with Gasteiger partial charge in [-0.15, -0.1) is 4.33 Å². The summed E-state index contributed by atoms with van der Waals surface area (Å²) in [6, 6.07) is 27.0. The number of carbonyl (C=O) groups excluding carboxylic acids is 8. The van der Waals surface area contributed by atoms with Crippen molar-refractivity contribution in [1.29, 1.82) is 0 Å². The van der Waals surface area contributed by atoms with E-state index < -0.39 is 173 Å². The Kier molecular flexibility index (Phi) is 35.3. The number of benzene rings is 6. The number of nitrogens with two attached hydrogens (primary N) is 1. The van der Waals surface area contributed by atoms with Gasteiger partial charge in [0.25, 0.3) is 5.91 Å². The number of esters is 4. The minimum absolute atomic E-state index is 0. The van der Waals surface area contributed by atoms with Crippen LogP contribution in [0.3, 0.4) is 0 Å². The number of aromatic carboxylic acids is 3. The Hall–Kier alpha value is -13.9. The molecule has 3 fully saturated rings. The number of carboxylic acid groups (broad SMARTS) is 3. The number of hydrogen-bond donors (Lipinski definition) is 7. The molecule has 746 valence electrons. The average molecular weight is 1950 g/mol. The van der Waals surface area contributed by atoms with Gasteiger partial charge in [0.2, 0.25) is 0 Å². The third kappa shape index (κ3) is 29.8. The van der Waals surface area contributed by atoms with Crippen molar-refractivity contribution in [2.24, 2.45) is 5.73 Å². The molecular formula is C97H114F6N8O26S. The lowest BCUT2D eigenvalue weighted by molar-refractivity contribution is -0.156. The van der Waals surface area contributed by atoms with Crippen molar-refractivity contribution in [2.75, 3.05) is 50.8 Å². The summed E-state index contributed by atoms with van der Waals surface area (Å²) in [5.74, 6) is -13.9. The van der Waals surface area contributed by atoms with Gasteiger partial charge in [-0.05, 0) is 213 Å². The molecule has 4 aliphatic heterocycles. The Bertz CT molecular complexity index is 5980. The fraction of sp³-hybridized carbons (Fsp3) is 0.392. The molecule has 34 nitrogen and oxygen atoms in total. The fourth-order valence-electron chi connectivity index (χ4n) is 14.1. The number of amides is 4. The lowest BCUT2D eigenvalue weighted by atomic mass is 10.0. The van der Waals surface area contributed by atoms with E-state index in [9.17, 15) is 98.6 Å². The van der Waals surface area contributed by atoms with Gasteiger partial charge in [0.05, 0.1) is 29.3 Å². The summed E-state index contributed by atoms with van der Waals surface area (Å²) in [5.41, 5.74) is 4.20. The molecule has 9 aromatic rings. The van der Waals surface area contributed by atoms with E-state index in [0.717, 1.165) is 36.4 Å². The Balaban J connectivity index is 0.000000229. The number of carboxylic acids is 3. The summed E-state index contributed by atoms with van der Waals surface area (Å²) in [5, 5.41) is 41.0. The zero-order valence-electron chi connectivity index (χ0n) is 79.6. The monoisotopic (exact) mass is 1950 g/mol. The van der Waals surface area contributed by atoms with Crippen LogP contribution in [-0.2, 0) is 47.2 Å². The predicted molar refractivity (Wildman–Crippen MR) is 493 cm³/mol. The smallest absolute Gasteiger partial charge is 0.410 e. The highest BCUT2D eigenvalue weighted by Gasteiger charge is 2.43. The van der Waals surface area contributed by atoms with E-state index >= 15 is 0 Å². The number of para-hydroxylation sites is 3. The maximum atomic E-state index is 14.1. The first-order valence-electron chi connectivity index (χ1n) is 43.3. The van der Waals surface area contributed by atoms with E-state index in [4.69, 9.17) is 48.7 Å². The first-order valence-corrected chi connectivity index (χ1v) is 45.5. The summed E-state index contributed by atoms with van der Waals surface area (Å²) in [6.07, 6.45) is 4.65. The lowest BCUT2D eigenvalue weighted by Crippen LogP contribution is -2.41.